The Bertz CT molecular complexity index is 911. The zero-order valence-electron chi connectivity index (χ0n) is 15.6. The highest BCUT2D eigenvalue weighted by Crippen LogP contribution is 2.19. The van der Waals surface area contributed by atoms with Gasteiger partial charge in [-0.1, -0.05) is 48.5 Å². The van der Waals surface area contributed by atoms with E-state index in [2.05, 4.69) is 10.6 Å². The maximum absolute atomic E-state index is 12.5. The van der Waals surface area contributed by atoms with Gasteiger partial charge in [-0.15, -0.1) is 11.3 Å². The highest BCUT2D eigenvalue weighted by Gasteiger charge is 2.15. The third kappa shape index (κ3) is 5.44. The molecular formula is C22H22N2O3S. The second-order valence-electron chi connectivity index (χ2n) is 6.26. The standard InChI is InChI=1S/C22H22N2O3S/c1-16(20-12-7-13-28-20)24-21(25)15-27-19-11-6-5-10-18(19)22(26)23-14-17-8-3-2-4-9-17/h2-13,16H,14-15H2,1H3,(H,23,26)(H,24,25). The highest BCUT2D eigenvalue weighted by molar-refractivity contribution is 7.10. The number of benzene rings is 2. The molecule has 5 nitrogen and oxygen atoms in total. The van der Waals surface area contributed by atoms with Crippen molar-refractivity contribution in [2.45, 2.75) is 19.5 Å². The first-order chi connectivity index (χ1) is 13.6. The molecule has 0 aliphatic heterocycles. The molecule has 1 unspecified atom stereocenters. The van der Waals surface area contributed by atoms with Crippen LogP contribution in [0.1, 0.15) is 33.8 Å². The van der Waals surface area contributed by atoms with E-state index in [0.29, 0.717) is 17.9 Å². The lowest BCUT2D eigenvalue weighted by molar-refractivity contribution is -0.123. The molecule has 1 aromatic heterocycles. The minimum Gasteiger partial charge on any atom is -0.483 e. The largest absolute Gasteiger partial charge is 0.483 e. The first-order valence-electron chi connectivity index (χ1n) is 9.00. The molecule has 6 heteroatoms. The van der Waals surface area contributed by atoms with Crippen molar-refractivity contribution in [1.29, 1.82) is 0 Å². The number of thiophene rings is 1. The number of carbonyl (C=O) groups is 2. The van der Waals surface area contributed by atoms with Gasteiger partial charge in [-0.2, -0.15) is 0 Å². The molecule has 3 aromatic rings. The topological polar surface area (TPSA) is 67.4 Å². The summed E-state index contributed by atoms with van der Waals surface area (Å²) >= 11 is 1.59. The van der Waals surface area contributed by atoms with Gasteiger partial charge in [0.15, 0.2) is 6.61 Å². The van der Waals surface area contributed by atoms with Crippen molar-refractivity contribution < 1.29 is 14.3 Å². The van der Waals surface area contributed by atoms with Gasteiger partial charge < -0.3 is 15.4 Å². The van der Waals surface area contributed by atoms with E-state index < -0.39 is 0 Å². The minimum atomic E-state index is -0.244. The Hall–Kier alpha value is -3.12. The van der Waals surface area contributed by atoms with Gasteiger partial charge in [0.25, 0.3) is 11.8 Å². The molecular weight excluding hydrogens is 372 g/mol. The summed E-state index contributed by atoms with van der Waals surface area (Å²) in [6, 6.07) is 20.4. The van der Waals surface area contributed by atoms with Crippen LogP contribution in [0.15, 0.2) is 72.1 Å². The summed E-state index contributed by atoms with van der Waals surface area (Å²) in [6.07, 6.45) is 0. The monoisotopic (exact) mass is 394 g/mol. The van der Waals surface area contributed by atoms with Crippen molar-refractivity contribution in [1.82, 2.24) is 10.6 Å². The smallest absolute Gasteiger partial charge is 0.258 e. The van der Waals surface area contributed by atoms with Gasteiger partial charge >= 0.3 is 0 Å². The summed E-state index contributed by atoms with van der Waals surface area (Å²) in [4.78, 5) is 25.8. The summed E-state index contributed by atoms with van der Waals surface area (Å²) in [5, 5.41) is 7.74. The Labute approximate surface area is 168 Å². The molecule has 0 saturated heterocycles. The molecule has 144 valence electrons. The van der Waals surface area contributed by atoms with Gasteiger partial charge in [0.05, 0.1) is 11.6 Å². The molecule has 0 spiro atoms. The number of amides is 2. The van der Waals surface area contributed by atoms with E-state index in [1.807, 2.05) is 54.8 Å². The van der Waals surface area contributed by atoms with Crippen LogP contribution in [0.25, 0.3) is 0 Å². The lowest BCUT2D eigenvalue weighted by atomic mass is 10.1. The van der Waals surface area contributed by atoms with Gasteiger partial charge in [0.1, 0.15) is 5.75 Å². The average molecular weight is 394 g/mol. The summed E-state index contributed by atoms with van der Waals surface area (Å²) < 4.78 is 5.62. The number of nitrogens with one attached hydrogen (secondary N) is 2. The first-order valence-corrected chi connectivity index (χ1v) is 9.88. The Balaban J connectivity index is 1.55. The van der Waals surface area contributed by atoms with E-state index in [1.165, 1.54) is 0 Å². The van der Waals surface area contributed by atoms with Crippen molar-refractivity contribution in [2.24, 2.45) is 0 Å². The van der Waals surface area contributed by atoms with Gasteiger partial charge in [0, 0.05) is 11.4 Å². The molecule has 0 aliphatic carbocycles. The van der Waals surface area contributed by atoms with Crippen molar-refractivity contribution in [3.8, 4) is 5.75 Å². The van der Waals surface area contributed by atoms with E-state index in [1.54, 1.807) is 35.6 Å². The number of hydrogen-bond acceptors (Lipinski definition) is 4. The van der Waals surface area contributed by atoms with Crippen molar-refractivity contribution in [3.05, 3.63) is 88.1 Å². The summed E-state index contributed by atoms with van der Waals surface area (Å²) in [5.74, 6) is -0.0980. The first kappa shape index (κ1) is 19.6. The molecule has 2 amide bonds. The van der Waals surface area contributed by atoms with E-state index in [4.69, 9.17) is 4.74 Å². The highest BCUT2D eigenvalue weighted by atomic mass is 32.1. The Morgan fingerprint density at radius 2 is 1.75 bits per heavy atom. The fourth-order valence-electron chi connectivity index (χ4n) is 2.69. The van der Waals surface area contributed by atoms with E-state index in [-0.39, 0.29) is 24.5 Å². The molecule has 0 radical (unpaired) electrons. The second kappa shape index (κ2) is 9.71. The number of ether oxygens (including phenoxy) is 1. The predicted molar refractivity (Wildman–Crippen MR) is 110 cm³/mol. The zero-order valence-corrected chi connectivity index (χ0v) is 16.4. The maximum Gasteiger partial charge on any atom is 0.258 e. The van der Waals surface area contributed by atoms with Crippen LogP contribution in [0.4, 0.5) is 0 Å². The summed E-state index contributed by atoms with van der Waals surface area (Å²) in [6.45, 7) is 2.19. The summed E-state index contributed by atoms with van der Waals surface area (Å²) in [5.41, 5.74) is 1.41. The van der Waals surface area contributed by atoms with Crippen molar-refractivity contribution in [3.63, 3.8) is 0 Å². The fourth-order valence-corrected chi connectivity index (χ4v) is 3.42. The maximum atomic E-state index is 12.5. The van der Waals surface area contributed by atoms with E-state index in [9.17, 15) is 9.59 Å². The molecule has 28 heavy (non-hydrogen) atoms. The van der Waals surface area contributed by atoms with Crippen LogP contribution in [0, 0.1) is 0 Å². The number of hydrogen-bond donors (Lipinski definition) is 2. The predicted octanol–water partition coefficient (Wildman–Crippen LogP) is 3.93. The molecule has 0 saturated carbocycles. The molecule has 0 bridgehead atoms. The second-order valence-corrected chi connectivity index (χ2v) is 7.24. The summed E-state index contributed by atoms with van der Waals surface area (Å²) in [7, 11) is 0. The SMILES string of the molecule is CC(NC(=O)COc1ccccc1C(=O)NCc1ccccc1)c1cccs1. The Kier molecular flexibility index (Phi) is 6.81. The molecule has 2 N–H and O–H groups in total. The van der Waals surface area contributed by atoms with Crippen molar-refractivity contribution >= 4 is 23.2 Å². The van der Waals surface area contributed by atoms with Crippen molar-refractivity contribution in [2.75, 3.05) is 6.61 Å². The van der Waals surface area contributed by atoms with E-state index in [0.717, 1.165) is 10.4 Å². The average Bonchev–Trinajstić information content (AvgIpc) is 3.26. The Morgan fingerprint density at radius 3 is 2.50 bits per heavy atom. The van der Waals surface area contributed by atoms with Crippen LogP contribution in [0.2, 0.25) is 0 Å². The Morgan fingerprint density at radius 1 is 1.00 bits per heavy atom. The lowest BCUT2D eigenvalue weighted by Gasteiger charge is -2.14. The number of para-hydroxylation sites is 1. The van der Waals surface area contributed by atoms with Gasteiger partial charge in [-0.25, -0.2) is 0 Å². The normalized spacial score (nSPS) is 11.5. The molecule has 1 atom stereocenters. The van der Waals surface area contributed by atoms with Crippen LogP contribution in [-0.2, 0) is 11.3 Å². The molecule has 2 aromatic carbocycles. The zero-order chi connectivity index (χ0) is 19.8. The van der Waals surface area contributed by atoms with E-state index >= 15 is 0 Å². The molecule has 0 aliphatic rings. The van der Waals surface area contributed by atoms with Gasteiger partial charge in [0.2, 0.25) is 0 Å². The molecule has 1 heterocycles. The van der Waals surface area contributed by atoms with Crippen LogP contribution in [-0.4, -0.2) is 18.4 Å². The van der Waals surface area contributed by atoms with Crippen LogP contribution in [0.3, 0.4) is 0 Å². The molecule has 3 rings (SSSR count). The van der Waals surface area contributed by atoms with Gasteiger partial charge in [-0.3, -0.25) is 9.59 Å². The van der Waals surface area contributed by atoms with Crippen LogP contribution >= 0.6 is 11.3 Å². The molecule has 0 fully saturated rings. The van der Waals surface area contributed by atoms with Gasteiger partial charge in [-0.05, 0) is 36.1 Å². The van der Waals surface area contributed by atoms with Crippen LogP contribution < -0.4 is 15.4 Å². The minimum absolute atomic E-state index is 0.0829. The third-order valence-corrected chi connectivity index (χ3v) is 5.19. The van der Waals surface area contributed by atoms with Crippen LogP contribution in [0.5, 0.6) is 5.75 Å². The quantitative estimate of drug-likeness (QED) is 0.608. The third-order valence-electron chi connectivity index (χ3n) is 4.13. The number of rotatable bonds is 8. The fraction of sp³-hybridized carbons (Fsp3) is 0.182. The number of carbonyl (C=O) groups excluding carboxylic acids is 2. The lowest BCUT2D eigenvalue weighted by Crippen LogP contribution is -2.31.